The molecule has 3 heterocycles. The molecule has 0 aliphatic carbocycles. The summed E-state index contributed by atoms with van der Waals surface area (Å²) in [5, 5.41) is 20.5. The van der Waals surface area contributed by atoms with Crippen molar-refractivity contribution in [3.63, 3.8) is 0 Å². The first-order chi connectivity index (χ1) is 23.5. The molecule has 2 N–H and O–H groups in total. The lowest BCUT2D eigenvalue weighted by molar-refractivity contribution is -0.146. The third-order valence-electron chi connectivity index (χ3n) is 9.64. The van der Waals surface area contributed by atoms with Crippen molar-refractivity contribution < 1.29 is 33.0 Å². The number of aromatic nitrogens is 3. The summed E-state index contributed by atoms with van der Waals surface area (Å²) >= 11 is 0. The van der Waals surface area contributed by atoms with Gasteiger partial charge in [0.15, 0.2) is 5.60 Å². The van der Waals surface area contributed by atoms with Crippen molar-refractivity contribution >= 4 is 31.6 Å². The molecule has 2 aliphatic rings. The fraction of sp³-hybridized carbons (Fsp3) is 0.389. The first kappa shape index (κ1) is 34.3. The van der Waals surface area contributed by atoms with E-state index in [0.29, 0.717) is 59.1 Å². The Kier molecular flexibility index (Phi) is 9.60. The van der Waals surface area contributed by atoms with E-state index in [1.807, 2.05) is 37.3 Å². The summed E-state index contributed by atoms with van der Waals surface area (Å²) in [6.07, 6.45) is 2.05. The number of nitrogens with zero attached hydrogens (tertiary/aromatic N) is 4. The van der Waals surface area contributed by atoms with Gasteiger partial charge >= 0.3 is 0 Å². The van der Waals surface area contributed by atoms with E-state index in [-0.39, 0.29) is 25.0 Å². The highest BCUT2D eigenvalue weighted by Gasteiger charge is 2.66. The molecule has 1 aromatic heterocycles. The van der Waals surface area contributed by atoms with E-state index in [4.69, 9.17) is 14.2 Å². The van der Waals surface area contributed by atoms with Crippen LogP contribution in [-0.4, -0.2) is 67.3 Å². The first-order valence-electron chi connectivity index (χ1n) is 16.4. The molecule has 49 heavy (non-hydrogen) atoms. The predicted octanol–water partition coefficient (Wildman–Crippen LogP) is 5.49. The van der Waals surface area contributed by atoms with Crippen LogP contribution in [0, 0.1) is 5.92 Å². The fourth-order valence-corrected chi connectivity index (χ4v) is 9.93. The molecule has 11 nitrogen and oxygen atoms in total. The topological polar surface area (TPSA) is 128 Å². The van der Waals surface area contributed by atoms with Gasteiger partial charge in [-0.05, 0) is 79.7 Å². The zero-order chi connectivity index (χ0) is 34.9. The standard InChI is InChI=1S/C36H42FN5O6Si/c1-23-33(49(4,5)37)32(15-17-41-22-27(16-18-43)39-40-41)48-36(23)30-20-29(47-3)13-14-31(30)42(35(36)45)21-24-7-6-8-26(19-24)38-34(44)25-9-11-28(46-2)12-10-25/h6-14,19-20,22-23,32-33,43H,15-18,21H2,1-5H3,(H,38,44)/t23-,32+,33-,36+/m1/s1. The molecule has 1 saturated heterocycles. The van der Waals surface area contributed by atoms with Gasteiger partial charge in [-0.2, -0.15) is 0 Å². The van der Waals surface area contributed by atoms with Crippen molar-refractivity contribution in [1.29, 1.82) is 0 Å². The molecule has 0 bridgehead atoms. The van der Waals surface area contributed by atoms with E-state index < -0.39 is 31.6 Å². The number of aliphatic hydroxyl groups is 1. The number of anilines is 2. The number of carbonyl (C=O) groups is 2. The van der Waals surface area contributed by atoms with Gasteiger partial charge in [-0.15, -0.1) is 5.10 Å². The number of hydrogen-bond donors (Lipinski definition) is 2. The third-order valence-corrected chi connectivity index (χ3v) is 12.1. The lowest BCUT2D eigenvalue weighted by Crippen LogP contribution is -2.45. The van der Waals surface area contributed by atoms with Crippen molar-refractivity contribution in [2.75, 3.05) is 31.0 Å². The lowest BCUT2D eigenvalue weighted by atomic mass is 9.82. The molecule has 3 aromatic carbocycles. The van der Waals surface area contributed by atoms with Crippen molar-refractivity contribution in [2.24, 2.45) is 5.92 Å². The minimum atomic E-state index is -3.37. The molecule has 0 saturated carbocycles. The number of halogens is 1. The molecule has 4 aromatic rings. The summed E-state index contributed by atoms with van der Waals surface area (Å²) < 4.78 is 35.6. The van der Waals surface area contributed by atoms with Crippen LogP contribution in [0.1, 0.15) is 40.5 Å². The number of rotatable bonds is 12. The number of aliphatic hydroxyl groups excluding tert-OH is 1. The quantitative estimate of drug-likeness (QED) is 0.148. The van der Waals surface area contributed by atoms with E-state index in [1.54, 1.807) is 79.5 Å². The van der Waals surface area contributed by atoms with Crippen LogP contribution >= 0.6 is 0 Å². The molecule has 4 atom stereocenters. The molecule has 1 fully saturated rings. The third kappa shape index (κ3) is 6.57. The molecule has 258 valence electrons. The molecule has 2 aliphatic heterocycles. The first-order valence-corrected chi connectivity index (χ1v) is 19.4. The van der Waals surface area contributed by atoms with Crippen molar-refractivity contribution in [3.05, 3.63) is 95.3 Å². The molecule has 13 heteroatoms. The molecule has 2 amide bonds. The van der Waals surface area contributed by atoms with Crippen LogP contribution in [0.25, 0.3) is 0 Å². The Bertz CT molecular complexity index is 1830. The van der Waals surface area contributed by atoms with Gasteiger partial charge in [0.2, 0.25) is 8.41 Å². The maximum absolute atomic E-state index is 16.3. The van der Waals surface area contributed by atoms with E-state index in [1.165, 1.54) is 0 Å². The Morgan fingerprint density at radius 2 is 1.82 bits per heavy atom. The maximum Gasteiger partial charge on any atom is 0.264 e. The highest BCUT2D eigenvalue weighted by molar-refractivity contribution is 6.72. The Morgan fingerprint density at radius 1 is 1.08 bits per heavy atom. The van der Waals surface area contributed by atoms with Crippen LogP contribution < -0.4 is 19.7 Å². The SMILES string of the molecule is COc1ccc(C(=O)Nc2cccc(CN3C(=O)[C@@]4(O[C@@H](CCn5cc(CCO)nn5)[C@H]([Si](C)(C)F)[C@H]4C)c4cc(OC)ccc43)c2)cc1. The Morgan fingerprint density at radius 3 is 2.51 bits per heavy atom. The summed E-state index contributed by atoms with van der Waals surface area (Å²) in [6.45, 7) is 5.87. The van der Waals surface area contributed by atoms with Gasteiger partial charge < -0.3 is 33.6 Å². The molecule has 0 radical (unpaired) electrons. The Hall–Kier alpha value is -4.59. The second-order valence-corrected chi connectivity index (χ2v) is 17.0. The van der Waals surface area contributed by atoms with Gasteiger partial charge in [-0.1, -0.05) is 24.3 Å². The Labute approximate surface area is 286 Å². The number of aryl methyl sites for hydroxylation is 1. The van der Waals surface area contributed by atoms with Crippen LogP contribution in [0.5, 0.6) is 11.5 Å². The zero-order valence-corrected chi connectivity index (χ0v) is 29.4. The van der Waals surface area contributed by atoms with Crippen LogP contribution in [0.2, 0.25) is 18.6 Å². The second kappa shape index (κ2) is 13.7. The largest absolute Gasteiger partial charge is 0.497 e. The molecular formula is C36H42FN5O6Si. The minimum absolute atomic E-state index is 0.0295. The number of benzene rings is 3. The average molecular weight is 688 g/mol. The monoisotopic (exact) mass is 687 g/mol. The van der Waals surface area contributed by atoms with E-state index in [9.17, 15) is 14.7 Å². The van der Waals surface area contributed by atoms with Crippen LogP contribution in [0.15, 0.2) is 72.9 Å². The Balaban J connectivity index is 1.29. The second-order valence-electron chi connectivity index (χ2n) is 13.2. The van der Waals surface area contributed by atoms with E-state index in [0.717, 1.165) is 5.56 Å². The number of ether oxygens (including phenoxy) is 3. The number of hydrogen-bond acceptors (Lipinski definition) is 8. The van der Waals surface area contributed by atoms with Crippen LogP contribution in [-0.2, 0) is 34.6 Å². The van der Waals surface area contributed by atoms with Gasteiger partial charge in [0.1, 0.15) is 11.5 Å². The molecule has 6 rings (SSSR count). The highest BCUT2D eigenvalue weighted by atomic mass is 28.4. The maximum atomic E-state index is 16.3. The van der Waals surface area contributed by atoms with Gasteiger partial charge in [-0.3, -0.25) is 14.3 Å². The van der Waals surface area contributed by atoms with E-state index in [2.05, 4.69) is 15.6 Å². The van der Waals surface area contributed by atoms with Crippen molar-refractivity contribution in [2.45, 2.75) is 63.2 Å². The number of fused-ring (bicyclic) bond motifs is 2. The van der Waals surface area contributed by atoms with E-state index >= 15 is 4.11 Å². The fourth-order valence-electron chi connectivity index (χ4n) is 7.39. The number of amides is 2. The van der Waals surface area contributed by atoms with Gasteiger partial charge in [0.05, 0.1) is 38.2 Å². The average Bonchev–Trinajstić information content (AvgIpc) is 3.73. The summed E-state index contributed by atoms with van der Waals surface area (Å²) in [5.74, 6) is 0.231. The van der Waals surface area contributed by atoms with Crippen LogP contribution in [0.3, 0.4) is 0 Å². The predicted molar refractivity (Wildman–Crippen MR) is 185 cm³/mol. The number of carbonyl (C=O) groups excluding carboxylic acids is 2. The number of methoxy groups -OCH3 is 2. The smallest absolute Gasteiger partial charge is 0.264 e. The summed E-state index contributed by atoms with van der Waals surface area (Å²) in [6, 6.07) is 19.7. The van der Waals surface area contributed by atoms with Crippen molar-refractivity contribution in [1.82, 2.24) is 15.0 Å². The minimum Gasteiger partial charge on any atom is -0.497 e. The molecule has 1 spiro atoms. The highest BCUT2D eigenvalue weighted by Crippen LogP contribution is 2.60. The van der Waals surface area contributed by atoms with Gasteiger partial charge in [0.25, 0.3) is 11.8 Å². The van der Waals surface area contributed by atoms with Gasteiger partial charge in [-0.25, -0.2) is 0 Å². The summed E-state index contributed by atoms with van der Waals surface area (Å²) in [5.41, 5.74) is 1.97. The van der Waals surface area contributed by atoms with Crippen molar-refractivity contribution in [3.8, 4) is 11.5 Å². The summed E-state index contributed by atoms with van der Waals surface area (Å²) in [4.78, 5) is 29.5. The molecular weight excluding hydrogens is 646 g/mol. The van der Waals surface area contributed by atoms with Gasteiger partial charge in [0, 0.05) is 54.0 Å². The normalized spacial score (nSPS) is 21.7. The summed E-state index contributed by atoms with van der Waals surface area (Å²) in [7, 11) is -0.230. The molecule has 0 unspecified atom stereocenters. The lowest BCUT2D eigenvalue weighted by Gasteiger charge is -2.31. The zero-order valence-electron chi connectivity index (χ0n) is 28.4. The number of nitrogens with one attached hydrogen (secondary N) is 1. The van der Waals surface area contributed by atoms with Crippen LogP contribution in [0.4, 0.5) is 15.5 Å².